The summed E-state index contributed by atoms with van der Waals surface area (Å²) in [5.74, 6) is 1.91. The number of hydrogen-bond donors (Lipinski definition) is 1. The number of carbonyl (C=O) groups is 1. The Bertz CT molecular complexity index is 604. The molecule has 0 radical (unpaired) electrons. The summed E-state index contributed by atoms with van der Waals surface area (Å²) in [6.45, 7) is 6.43. The molecule has 0 unspecified atom stereocenters. The summed E-state index contributed by atoms with van der Waals surface area (Å²) in [7, 11) is 1.69. The van der Waals surface area contributed by atoms with Gasteiger partial charge in [0.05, 0.1) is 7.11 Å². The molecule has 0 bridgehead atoms. The van der Waals surface area contributed by atoms with Crippen LogP contribution in [0.25, 0.3) is 0 Å². The lowest BCUT2D eigenvalue weighted by atomic mass is 9.93. The molecule has 1 aromatic carbocycles. The van der Waals surface area contributed by atoms with E-state index < -0.39 is 0 Å². The molecule has 0 aromatic heterocycles. The average molecular weight is 453 g/mol. The smallest absolute Gasteiger partial charge is 0.222 e. The number of nitrogens with one attached hydrogen (secondary N) is 1. The van der Waals surface area contributed by atoms with E-state index in [1.54, 1.807) is 7.11 Å². The van der Waals surface area contributed by atoms with Gasteiger partial charge in [0.25, 0.3) is 0 Å². The summed E-state index contributed by atoms with van der Waals surface area (Å²) in [4.78, 5) is 16.9. The molecular formula is C20H32Cl3N3O2. The second-order valence-corrected chi connectivity index (χ2v) is 7.78. The highest BCUT2D eigenvalue weighted by Crippen LogP contribution is 2.25. The summed E-state index contributed by atoms with van der Waals surface area (Å²) >= 11 is 6.12. The number of carbonyl (C=O) groups excluding carboxylic acids is 1. The van der Waals surface area contributed by atoms with Crippen molar-refractivity contribution in [3.8, 4) is 5.75 Å². The van der Waals surface area contributed by atoms with Gasteiger partial charge in [-0.2, -0.15) is 0 Å². The van der Waals surface area contributed by atoms with Crippen LogP contribution in [0.2, 0.25) is 5.02 Å². The Morgan fingerprint density at radius 3 is 2.50 bits per heavy atom. The zero-order chi connectivity index (χ0) is 18.4. The van der Waals surface area contributed by atoms with Crippen molar-refractivity contribution in [2.75, 3.05) is 46.4 Å². The normalized spacial score (nSPS) is 18.1. The molecule has 1 N–H and O–H groups in total. The quantitative estimate of drug-likeness (QED) is 0.716. The number of halogens is 3. The van der Waals surface area contributed by atoms with Gasteiger partial charge in [-0.3, -0.25) is 9.69 Å². The average Bonchev–Trinajstić information content (AvgIpc) is 2.68. The first-order valence-corrected chi connectivity index (χ1v) is 10.1. The SMILES string of the molecule is COc1ccc(Cl)cc1CN1CCN(C(=O)CCC2CCNCC2)CC1.Cl.Cl. The highest BCUT2D eigenvalue weighted by Gasteiger charge is 2.23. The number of methoxy groups -OCH3 is 1. The molecule has 2 fully saturated rings. The highest BCUT2D eigenvalue weighted by atomic mass is 35.5. The first kappa shape index (κ1) is 25.3. The Labute approximate surface area is 185 Å². The van der Waals surface area contributed by atoms with Gasteiger partial charge in [-0.15, -0.1) is 24.8 Å². The topological polar surface area (TPSA) is 44.8 Å². The molecular weight excluding hydrogens is 421 g/mol. The fraction of sp³-hybridized carbons (Fsp3) is 0.650. The predicted octanol–water partition coefficient (Wildman–Crippen LogP) is 3.62. The van der Waals surface area contributed by atoms with Crippen molar-refractivity contribution in [1.82, 2.24) is 15.1 Å². The second kappa shape index (κ2) is 12.8. The minimum atomic E-state index is 0. The molecule has 3 rings (SSSR count). The van der Waals surface area contributed by atoms with Crippen LogP contribution in [0.3, 0.4) is 0 Å². The van der Waals surface area contributed by atoms with E-state index in [1.807, 2.05) is 23.1 Å². The Morgan fingerprint density at radius 1 is 1.18 bits per heavy atom. The van der Waals surface area contributed by atoms with Gasteiger partial charge < -0.3 is 15.0 Å². The van der Waals surface area contributed by atoms with Crippen molar-refractivity contribution in [2.45, 2.75) is 32.2 Å². The van der Waals surface area contributed by atoms with Crippen LogP contribution >= 0.6 is 36.4 Å². The molecule has 2 saturated heterocycles. The highest BCUT2D eigenvalue weighted by molar-refractivity contribution is 6.30. The Kier molecular flexibility index (Phi) is 11.5. The van der Waals surface area contributed by atoms with Gasteiger partial charge >= 0.3 is 0 Å². The summed E-state index contributed by atoms with van der Waals surface area (Å²) < 4.78 is 5.44. The lowest BCUT2D eigenvalue weighted by molar-refractivity contribution is -0.133. The van der Waals surface area contributed by atoms with E-state index in [2.05, 4.69) is 10.2 Å². The van der Waals surface area contributed by atoms with Gasteiger partial charge in [0.15, 0.2) is 0 Å². The summed E-state index contributed by atoms with van der Waals surface area (Å²) in [6.07, 6.45) is 4.16. The summed E-state index contributed by atoms with van der Waals surface area (Å²) in [5, 5.41) is 4.11. The predicted molar refractivity (Wildman–Crippen MR) is 119 cm³/mol. The van der Waals surface area contributed by atoms with E-state index in [1.165, 1.54) is 12.8 Å². The van der Waals surface area contributed by atoms with Gasteiger partial charge in [0.2, 0.25) is 5.91 Å². The van der Waals surface area contributed by atoms with E-state index >= 15 is 0 Å². The van der Waals surface area contributed by atoms with Crippen molar-refractivity contribution in [3.63, 3.8) is 0 Å². The van der Waals surface area contributed by atoms with E-state index in [-0.39, 0.29) is 24.8 Å². The lowest BCUT2D eigenvalue weighted by Gasteiger charge is -2.35. The maximum atomic E-state index is 12.5. The number of benzene rings is 1. The summed E-state index contributed by atoms with van der Waals surface area (Å²) in [6, 6.07) is 5.73. The van der Waals surface area contributed by atoms with Crippen LogP contribution in [0, 0.1) is 5.92 Å². The van der Waals surface area contributed by atoms with Crippen molar-refractivity contribution in [3.05, 3.63) is 28.8 Å². The van der Waals surface area contributed by atoms with E-state index in [0.29, 0.717) is 12.3 Å². The molecule has 0 atom stereocenters. The van der Waals surface area contributed by atoms with Gasteiger partial charge in [0, 0.05) is 49.7 Å². The second-order valence-electron chi connectivity index (χ2n) is 7.35. The van der Waals surface area contributed by atoms with Crippen LogP contribution in [0.4, 0.5) is 0 Å². The molecule has 160 valence electrons. The van der Waals surface area contributed by atoms with Gasteiger partial charge in [-0.1, -0.05) is 11.6 Å². The van der Waals surface area contributed by atoms with Crippen molar-refractivity contribution in [1.29, 1.82) is 0 Å². The largest absolute Gasteiger partial charge is 0.496 e. The maximum Gasteiger partial charge on any atom is 0.222 e. The minimum Gasteiger partial charge on any atom is -0.496 e. The standard InChI is InChI=1S/C20H30ClN3O2.2ClH/c1-26-19-4-3-18(21)14-17(19)15-23-10-12-24(13-11-23)20(25)5-2-16-6-8-22-9-7-16;;/h3-4,14,16,22H,2,5-13,15H2,1H3;2*1H. The maximum absolute atomic E-state index is 12.5. The number of ether oxygens (including phenoxy) is 1. The van der Waals surface area contributed by atoms with E-state index in [9.17, 15) is 4.79 Å². The Hall–Kier alpha value is -0.720. The Morgan fingerprint density at radius 2 is 1.86 bits per heavy atom. The molecule has 1 amide bonds. The summed E-state index contributed by atoms with van der Waals surface area (Å²) in [5.41, 5.74) is 1.10. The van der Waals surface area contributed by atoms with Crippen LogP contribution in [-0.2, 0) is 11.3 Å². The van der Waals surface area contributed by atoms with Crippen LogP contribution in [-0.4, -0.2) is 62.1 Å². The zero-order valence-corrected chi connectivity index (χ0v) is 18.9. The third kappa shape index (κ3) is 7.27. The molecule has 0 saturated carbocycles. The van der Waals surface area contributed by atoms with Crippen molar-refractivity contribution in [2.24, 2.45) is 5.92 Å². The first-order chi connectivity index (χ1) is 12.7. The fourth-order valence-corrected chi connectivity index (χ4v) is 4.12. The van der Waals surface area contributed by atoms with Crippen LogP contribution in [0.5, 0.6) is 5.75 Å². The van der Waals surface area contributed by atoms with E-state index in [4.69, 9.17) is 16.3 Å². The fourth-order valence-electron chi connectivity index (χ4n) is 3.92. The number of nitrogens with zero attached hydrogens (tertiary/aromatic N) is 2. The van der Waals surface area contributed by atoms with E-state index in [0.717, 1.165) is 74.5 Å². The Balaban J connectivity index is 0.00000196. The molecule has 5 nitrogen and oxygen atoms in total. The van der Waals surface area contributed by atoms with Crippen LogP contribution in [0.1, 0.15) is 31.2 Å². The molecule has 28 heavy (non-hydrogen) atoms. The molecule has 2 aliphatic rings. The number of rotatable bonds is 6. The van der Waals surface area contributed by atoms with Crippen LogP contribution in [0.15, 0.2) is 18.2 Å². The molecule has 8 heteroatoms. The molecule has 0 aliphatic carbocycles. The van der Waals surface area contributed by atoms with Gasteiger partial charge in [0.1, 0.15) is 5.75 Å². The number of amides is 1. The molecule has 2 heterocycles. The van der Waals surface area contributed by atoms with Crippen LogP contribution < -0.4 is 10.1 Å². The van der Waals surface area contributed by atoms with Crippen molar-refractivity contribution >= 4 is 42.3 Å². The van der Waals surface area contributed by atoms with Gasteiger partial charge in [-0.25, -0.2) is 0 Å². The number of hydrogen-bond acceptors (Lipinski definition) is 4. The first-order valence-electron chi connectivity index (χ1n) is 9.69. The monoisotopic (exact) mass is 451 g/mol. The molecule has 0 spiro atoms. The van der Waals surface area contributed by atoms with Crippen molar-refractivity contribution < 1.29 is 9.53 Å². The molecule has 1 aromatic rings. The number of piperazine rings is 1. The minimum absolute atomic E-state index is 0. The molecule has 2 aliphatic heterocycles. The van der Waals surface area contributed by atoms with Gasteiger partial charge in [-0.05, 0) is 56.5 Å². The number of piperidine rings is 1. The lowest BCUT2D eigenvalue weighted by Crippen LogP contribution is -2.48. The zero-order valence-electron chi connectivity index (χ0n) is 16.5. The third-order valence-corrected chi connectivity index (χ3v) is 5.82. The third-order valence-electron chi connectivity index (χ3n) is 5.59.